The highest BCUT2D eigenvalue weighted by Gasteiger charge is 2.30. The van der Waals surface area contributed by atoms with Crippen molar-refractivity contribution in [1.29, 1.82) is 0 Å². The summed E-state index contributed by atoms with van der Waals surface area (Å²) in [6.45, 7) is 0.957. The molecule has 132 valence electrons. The molecule has 1 aromatic rings. The molecule has 2 aliphatic rings. The number of rotatable bonds is 4. The summed E-state index contributed by atoms with van der Waals surface area (Å²) in [6.07, 6.45) is 1.17. The minimum Gasteiger partial charge on any atom is -0.454 e. The van der Waals surface area contributed by atoms with Gasteiger partial charge in [-0.05, 0) is 31.0 Å². The highest BCUT2D eigenvalue weighted by molar-refractivity contribution is 7.86. The SMILES string of the molecule is CN(C)S(=O)(=O)N1CCC(NC(=O)c2ccc3c(c2)OCO3)CC1. The van der Waals surface area contributed by atoms with Gasteiger partial charge in [-0.1, -0.05) is 0 Å². The Balaban J connectivity index is 1.57. The van der Waals surface area contributed by atoms with Gasteiger partial charge in [0.15, 0.2) is 11.5 Å². The topological polar surface area (TPSA) is 88.2 Å². The summed E-state index contributed by atoms with van der Waals surface area (Å²) in [7, 11) is -0.354. The fourth-order valence-electron chi connectivity index (χ4n) is 2.77. The number of nitrogens with one attached hydrogen (secondary N) is 1. The van der Waals surface area contributed by atoms with Crippen molar-refractivity contribution < 1.29 is 22.7 Å². The number of carbonyl (C=O) groups is 1. The lowest BCUT2D eigenvalue weighted by atomic mass is 10.1. The van der Waals surface area contributed by atoms with Crippen molar-refractivity contribution in [3.63, 3.8) is 0 Å². The van der Waals surface area contributed by atoms with Crippen molar-refractivity contribution in [3.8, 4) is 11.5 Å². The summed E-state index contributed by atoms with van der Waals surface area (Å²) in [5, 5.41) is 2.96. The minimum atomic E-state index is -3.39. The number of hydrogen-bond acceptors (Lipinski definition) is 5. The lowest BCUT2D eigenvalue weighted by Crippen LogP contribution is -2.49. The maximum atomic E-state index is 12.4. The second kappa shape index (κ2) is 6.58. The van der Waals surface area contributed by atoms with E-state index in [1.807, 2.05) is 0 Å². The van der Waals surface area contributed by atoms with Crippen LogP contribution in [0.2, 0.25) is 0 Å². The van der Waals surface area contributed by atoms with Crippen molar-refractivity contribution in [2.75, 3.05) is 34.0 Å². The van der Waals surface area contributed by atoms with Gasteiger partial charge in [0.05, 0.1) is 0 Å². The summed E-state index contributed by atoms with van der Waals surface area (Å²) in [6, 6.07) is 5.01. The molecule has 0 aromatic heterocycles. The van der Waals surface area contributed by atoms with Crippen LogP contribution in [0.15, 0.2) is 18.2 Å². The van der Waals surface area contributed by atoms with Crippen molar-refractivity contribution in [1.82, 2.24) is 13.9 Å². The summed E-state index contributed by atoms with van der Waals surface area (Å²) < 4.78 is 37.3. The van der Waals surface area contributed by atoms with E-state index in [0.29, 0.717) is 43.0 Å². The number of amides is 1. The first-order chi connectivity index (χ1) is 11.4. The van der Waals surface area contributed by atoms with E-state index in [4.69, 9.17) is 9.47 Å². The smallest absolute Gasteiger partial charge is 0.281 e. The fourth-order valence-corrected chi connectivity index (χ4v) is 3.90. The Kier molecular flexibility index (Phi) is 4.66. The number of hydrogen-bond donors (Lipinski definition) is 1. The Morgan fingerprint density at radius 3 is 2.54 bits per heavy atom. The van der Waals surface area contributed by atoms with E-state index in [2.05, 4.69) is 5.32 Å². The normalized spacial score (nSPS) is 18.8. The van der Waals surface area contributed by atoms with Gasteiger partial charge in [-0.15, -0.1) is 0 Å². The summed E-state index contributed by atoms with van der Waals surface area (Å²) in [5.41, 5.74) is 0.502. The van der Waals surface area contributed by atoms with Crippen LogP contribution < -0.4 is 14.8 Å². The third kappa shape index (κ3) is 3.33. The molecule has 0 bridgehead atoms. The van der Waals surface area contributed by atoms with Crippen LogP contribution in [0.1, 0.15) is 23.2 Å². The average Bonchev–Trinajstić information content (AvgIpc) is 3.02. The van der Waals surface area contributed by atoms with E-state index in [1.54, 1.807) is 18.2 Å². The summed E-state index contributed by atoms with van der Waals surface area (Å²) in [5.74, 6) is 1.01. The zero-order valence-electron chi connectivity index (χ0n) is 13.7. The van der Waals surface area contributed by atoms with Crippen LogP contribution >= 0.6 is 0 Å². The van der Waals surface area contributed by atoms with Crippen LogP contribution in [0.4, 0.5) is 0 Å². The van der Waals surface area contributed by atoms with Crippen molar-refractivity contribution >= 4 is 16.1 Å². The highest BCUT2D eigenvalue weighted by Crippen LogP contribution is 2.32. The molecule has 1 fully saturated rings. The fraction of sp³-hybridized carbons (Fsp3) is 0.533. The number of fused-ring (bicyclic) bond motifs is 1. The quantitative estimate of drug-likeness (QED) is 0.845. The van der Waals surface area contributed by atoms with Gasteiger partial charge in [0.25, 0.3) is 16.1 Å². The third-order valence-corrected chi connectivity index (χ3v) is 6.15. The van der Waals surface area contributed by atoms with Gasteiger partial charge < -0.3 is 14.8 Å². The average molecular weight is 355 g/mol. The molecule has 1 aromatic carbocycles. The van der Waals surface area contributed by atoms with Gasteiger partial charge in [-0.3, -0.25) is 4.79 Å². The first-order valence-electron chi connectivity index (χ1n) is 7.76. The third-order valence-electron chi connectivity index (χ3n) is 4.21. The molecule has 1 amide bonds. The molecule has 1 saturated heterocycles. The molecule has 3 rings (SSSR count). The van der Waals surface area contributed by atoms with Crippen molar-refractivity contribution in [2.24, 2.45) is 0 Å². The Bertz CT molecular complexity index is 727. The Morgan fingerprint density at radius 1 is 1.21 bits per heavy atom. The number of carbonyl (C=O) groups excluding carboxylic acids is 1. The molecule has 2 heterocycles. The second-order valence-electron chi connectivity index (χ2n) is 6.00. The maximum Gasteiger partial charge on any atom is 0.281 e. The Morgan fingerprint density at radius 2 is 1.88 bits per heavy atom. The van der Waals surface area contributed by atoms with Gasteiger partial charge in [-0.2, -0.15) is 17.0 Å². The van der Waals surface area contributed by atoms with E-state index >= 15 is 0 Å². The largest absolute Gasteiger partial charge is 0.454 e. The summed E-state index contributed by atoms with van der Waals surface area (Å²) in [4.78, 5) is 12.4. The minimum absolute atomic E-state index is 0.0449. The molecule has 0 spiro atoms. The van der Waals surface area contributed by atoms with Crippen LogP contribution in [0.3, 0.4) is 0 Å². The molecule has 0 atom stereocenters. The molecule has 0 aliphatic carbocycles. The zero-order valence-corrected chi connectivity index (χ0v) is 14.5. The highest BCUT2D eigenvalue weighted by atomic mass is 32.2. The maximum absolute atomic E-state index is 12.4. The molecular weight excluding hydrogens is 334 g/mol. The van der Waals surface area contributed by atoms with E-state index in [9.17, 15) is 13.2 Å². The van der Waals surface area contributed by atoms with E-state index in [1.165, 1.54) is 22.7 Å². The Labute approximate surface area is 141 Å². The number of ether oxygens (including phenoxy) is 2. The molecular formula is C15H21N3O5S. The van der Waals surface area contributed by atoms with Gasteiger partial charge in [0.1, 0.15) is 0 Å². The van der Waals surface area contributed by atoms with Crippen LogP contribution in [-0.4, -0.2) is 63.0 Å². The lowest BCUT2D eigenvalue weighted by molar-refractivity contribution is 0.0923. The van der Waals surface area contributed by atoms with Gasteiger partial charge in [0, 0.05) is 38.8 Å². The van der Waals surface area contributed by atoms with E-state index in [0.717, 1.165) is 0 Å². The molecule has 0 saturated carbocycles. The first-order valence-corrected chi connectivity index (χ1v) is 9.16. The first kappa shape index (κ1) is 17.0. The van der Waals surface area contributed by atoms with Gasteiger partial charge >= 0.3 is 0 Å². The van der Waals surface area contributed by atoms with Crippen LogP contribution in [0, 0.1) is 0 Å². The molecule has 9 heteroatoms. The second-order valence-corrected chi connectivity index (χ2v) is 8.15. The number of benzene rings is 1. The van der Waals surface area contributed by atoms with Gasteiger partial charge in [0.2, 0.25) is 6.79 Å². The number of nitrogens with zero attached hydrogens (tertiary/aromatic N) is 2. The van der Waals surface area contributed by atoms with Crippen LogP contribution in [-0.2, 0) is 10.2 Å². The molecule has 24 heavy (non-hydrogen) atoms. The molecule has 0 unspecified atom stereocenters. The predicted octanol–water partition coefficient (Wildman–Crippen LogP) is 0.416. The standard InChI is InChI=1S/C15H21N3O5S/c1-17(2)24(20,21)18-7-5-12(6-8-18)16-15(19)11-3-4-13-14(9-11)23-10-22-13/h3-4,9,12H,5-8,10H2,1-2H3,(H,16,19). The monoisotopic (exact) mass is 355 g/mol. The molecule has 2 aliphatic heterocycles. The van der Waals surface area contributed by atoms with Crippen molar-refractivity contribution in [3.05, 3.63) is 23.8 Å². The molecule has 0 radical (unpaired) electrons. The number of piperidine rings is 1. The molecule has 8 nitrogen and oxygen atoms in total. The van der Waals surface area contributed by atoms with E-state index < -0.39 is 10.2 Å². The predicted molar refractivity (Wildman–Crippen MR) is 87.2 cm³/mol. The van der Waals surface area contributed by atoms with E-state index in [-0.39, 0.29) is 18.7 Å². The lowest BCUT2D eigenvalue weighted by Gasteiger charge is -2.33. The van der Waals surface area contributed by atoms with Crippen LogP contribution in [0.5, 0.6) is 11.5 Å². The van der Waals surface area contributed by atoms with Crippen LogP contribution in [0.25, 0.3) is 0 Å². The Hall–Kier alpha value is -1.84. The van der Waals surface area contributed by atoms with Crippen molar-refractivity contribution in [2.45, 2.75) is 18.9 Å². The molecule has 1 N–H and O–H groups in total. The zero-order chi connectivity index (χ0) is 17.3. The summed E-state index contributed by atoms with van der Waals surface area (Å²) >= 11 is 0. The van der Waals surface area contributed by atoms with Gasteiger partial charge in [-0.25, -0.2) is 0 Å².